The molecule has 1 N–H and O–H groups in total. The molecular formula is C29H50O4S. The molecule has 3 fully saturated rings. The third-order valence-electron chi connectivity index (χ3n) is 11.5. The van der Waals surface area contributed by atoms with Crippen molar-refractivity contribution >= 4 is 10.4 Å². The zero-order valence-corrected chi connectivity index (χ0v) is 23.4. The second-order valence-corrected chi connectivity index (χ2v) is 14.4. The van der Waals surface area contributed by atoms with Gasteiger partial charge in [-0.1, -0.05) is 66.0 Å². The van der Waals surface area contributed by atoms with Gasteiger partial charge in [0, 0.05) is 0 Å². The normalized spacial score (nSPS) is 41.9. The first-order valence-electron chi connectivity index (χ1n) is 14.2. The summed E-state index contributed by atoms with van der Waals surface area (Å²) in [7, 11) is -4.38. The van der Waals surface area contributed by atoms with Crippen LogP contribution in [0.3, 0.4) is 0 Å². The van der Waals surface area contributed by atoms with E-state index in [1.165, 1.54) is 50.5 Å². The number of allylic oxidation sites excluding steroid dienone is 1. The lowest BCUT2D eigenvalue weighted by Gasteiger charge is -2.58. The Bertz CT molecular complexity index is 863. The Labute approximate surface area is 209 Å². The van der Waals surface area contributed by atoms with E-state index >= 15 is 0 Å². The predicted octanol–water partition coefficient (Wildman–Crippen LogP) is 7.85. The van der Waals surface area contributed by atoms with Crippen LogP contribution in [0.2, 0.25) is 0 Å². The summed E-state index contributed by atoms with van der Waals surface area (Å²) >= 11 is 0. The molecule has 0 amide bonds. The smallest absolute Gasteiger partial charge is 0.264 e. The number of hydrogen-bond donors (Lipinski definition) is 1. The second-order valence-electron chi connectivity index (χ2n) is 13.3. The molecule has 0 bridgehead atoms. The van der Waals surface area contributed by atoms with Crippen molar-refractivity contribution in [2.75, 3.05) is 0 Å². The summed E-state index contributed by atoms with van der Waals surface area (Å²) in [6, 6.07) is 0. The molecule has 4 aliphatic carbocycles. The Morgan fingerprint density at radius 2 is 1.79 bits per heavy atom. The molecule has 0 aromatic rings. The maximum Gasteiger partial charge on any atom is 0.397 e. The van der Waals surface area contributed by atoms with Crippen molar-refractivity contribution in [2.45, 2.75) is 118 Å². The van der Waals surface area contributed by atoms with Gasteiger partial charge in [0.2, 0.25) is 0 Å². The van der Waals surface area contributed by atoms with Crippen LogP contribution in [0.4, 0.5) is 0 Å². The lowest BCUT2D eigenvalue weighted by Crippen LogP contribution is -2.51. The molecule has 0 unspecified atom stereocenters. The Hall–Kier alpha value is -0.390. The molecular weight excluding hydrogens is 444 g/mol. The molecule has 4 nitrogen and oxygen atoms in total. The fraction of sp³-hybridized carbons (Fsp3) is 0.931. The van der Waals surface area contributed by atoms with Gasteiger partial charge in [-0.05, 0) is 110 Å². The number of fused-ring (bicyclic) bond motifs is 5. The van der Waals surface area contributed by atoms with Crippen LogP contribution in [-0.4, -0.2) is 19.1 Å². The average Bonchev–Trinajstić information content (AvgIpc) is 3.10. The van der Waals surface area contributed by atoms with Crippen LogP contribution in [0.5, 0.6) is 0 Å². The molecule has 9 atom stereocenters. The second kappa shape index (κ2) is 9.82. The summed E-state index contributed by atoms with van der Waals surface area (Å²) in [5.74, 6) is 5.64. The molecule has 0 aromatic carbocycles. The highest BCUT2D eigenvalue weighted by Gasteiger charge is 2.59. The minimum absolute atomic E-state index is 0.165. The van der Waals surface area contributed by atoms with E-state index in [4.69, 9.17) is 8.74 Å². The van der Waals surface area contributed by atoms with Gasteiger partial charge in [-0.25, -0.2) is 4.18 Å². The van der Waals surface area contributed by atoms with Crippen molar-refractivity contribution in [2.24, 2.45) is 52.3 Å². The molecule has 0 heterocycles. The molecule has 0 aromatic heterocycles. The van der Waals surface area contributed by atoms with E-state index in [-0.39, 0.29) is 5.41 Å². The van der Waals surface area contributed by atoms with E-state index in [0.717, 1.165) is 48.3 Å². The van der Waals surface area contributed by atoms with E-state index in [2.05, 4.69) is 47.6 Å². The van der Waals surface area contributed by atoms with Crippen molar-refractivity contribution in [3.05, 3.63) is 11.6 Å². The van der Waals surface area contributed by atoms with E-state index < -0.39 is 16.5 Å². The van der Waals surface area contributed by atoms with Gasteiger partial charge in [0.05, 0.1) is 6.10 Å². The summed E-state index contributed by atoms with van der Waals surface area (Å²) in [6.45, 7) is 14.8. The van der Waals surface area contributed by atoms with E-state index in [1.807, 2.05) is 0 Å². The van der Waals surface area contributed by atoms with E-state index in [1.54, 1.807) is 0 Å². The van der Waals surface area contributed by atoms with Crippen molar-refractivity contribution in [1.29, 1.82) is 0 Å². The van der Waals surface area contributed by atoms with Gasteiger partial charge in [0.15, 0.2) is 0 Å². The van der Waals surface area contributed by atoms with Gasteiger partial charge in [-0.2, -0.15) is 8.42 Å². The first-order chi connectivity index (χ1) is 15.9. The summed E-state index contributed by atoms with van der Waals surface area (Å²) in [5, 5.41) is 0. The Morgan fingerprint density at radius 1 is 1.06 bits per heavy atom. The summed E-state index contributed by atoms with van der Waals surface area (Å²) < 4.78 is 36.7. The van der Waals surface area contributed by atoms with Crippen LogP contribution in [0.15, 0.2) is 11.6 Å². The summed E-state index contributed by atoms with van der Waals surface area (Å²) in [5.41, 5.74) is 2.03. The first kappa shape index (κ1) is 26.7. The van der Waals surface area contributed by atoms with Gasteiger partial charge in [0.25, 0.3) is 0 Å². The zero-order valence-electron chi connectivity index (χ0n) is 22.6. The van der Waals surface area contributed by atoms with Crippen molar-refractivity contribution < 1.29 is 17.2 Å². The van der Waals surface area contributed by atoms with Crippen LogP contribution in [0, 0.1) is 52.3 Å². The highest BCUT2D eigenvalue weighted by molar-refractivity contribution is 7.80. The number of rotatable bonds is 8. The van der Waals surface area contributed by atoms with Gasteiger partial charge in [-0.15, -0.1) is 0 Å². The van der Waals surface area contributed by atoms with Crippen molar-refractivity contribution in [3.8, 4) is 0 Å². The van der Waals surface area contributed by atoms with Gasteiger partial charge in [-0.3, -0.25) is 4.55 Å². The third kappa shape index (κ3) is 4.92. The molecule has 196 valence electrons. The monoisotopic (exact) mass is 494 g/mol. The van der Waals surface area contributed by atoms with Gasteiger partial charge in [0.1, 0.15) is 0 Å². The molecule has 34 heavy (non-hydrogen) atoms. The molecule has 0 aliphatic heterocycles. The van der Waals surface area contributed by atoms with Crippen LogP contribution < -0.4 is 0 Å². The summed E-state index contributed by atoms with van der Waals surface area (Å²) in [6.07, 6.45) is 15.0. The minimum atomic E-state index is -4.38. The predicted molar refractivity (Wildman–Crippen MR) is 139 cm³/mol. The van der Waals surface area contributed by atoms with E-state index in [9.17, 15) is 8.42 Å². The highest BCUT2D eigenvalue weighted by atomic mass is 32.3. The fourth-order valence-corrected chi connectivity index (χ4v) is 10.1. The number of hydrogen-bond acceptors (Lipinski definition) is 3. The van der Waals surface area contributed by atoms with Crippen LogP contribution in [0.1, 0.15) is 112 Å². The van der Waals surface area contributed by atoms with Crippen LogP contribution in [-0.2, 0) is 14.6 Å². The Balaban J connectivity index is 1.46. The quantitative estimate of drug-likeness (QED) is 0.276. The Kier molecular flexibility index (Phi) is 7.70. The van der Waals surface area contributed by atoms with Gasteiger partial charge < -0.3 is 0 Å². The van der Waals surface area contributed by atoms with Crippen LogP contribution >= 0.6 is 0 Å². The van der Waals surface area contributed by atoms with Gasteiger partial charge >= 0.3 is 10.4 Å². The molecule has 0 spiro atoms. The maximum atomic E-state index is 11.3. The standard InChI is InChI=1S/C29H50O4S/c1-7-21(19(2)3)9-8-20(4)25-12-13-26-24-11-10-22-18-23(33-34(30,31)32)14-16-28(22,5)27(24)15-17-29(25,26)6/h10,19-21,23-27H,7-9,11-18H2,1-6H3,(H,30,31,32)/t20-,21-,23+,24+,25-,26+,27+,28+,29-/m1/s1. The molecule has 5 heteroatoms. The van der Waals surface area contributed by atoms with Crippen molar-refractivity contribution in [1.82, 2.24) is 0 Å². The zero-order chi connectivity index (χ0) is 24.9. The minimum Gasteiger partial charge on any atom is -0.264 e. The average molecular weight is 495 g/mol. The van der Waals surface area contributed by atoms with Crippen LogP contribution in [0.25, 0.3) is 0 Å². The molecule has 4 aliphatic rings. The first-order valence-corrected chi connectivity index (χ1v) is 15.6. The lowest BCUT2D eigenvalue weighted by atomic mass is 9.47. The molecule has 0 radical (unpaired) electrons. The summed E-state index contributed by atoms with van der Waals surface area (Å²) in [4.78, 5) is 0. The highest BCUT2D eigenvalue weighted by Crippen LogP contribution is 2.67. The molecule has 0 saturated heterocycles. The lowest BCUT2D eigenvalue weighted by molar-refractivity contribution is -0.0563. The fourth-order valence-electron chi connectivity index (χ4n) is 9.54. The topological polar surface area (TPSA) is 63.6 Å². The van der Waals surface area contributed by atoms with E-state index in [0.29, 0.717) is 24.2 Å². The SMILES string of the molecule is CC[C@H](CC[C@@H](C)[C@H]1CC[C@H]2[C@@H]3CC=C4C[C@@H](OS(=O)(=O)O)CC[C@]4(C)[C@H]3CC[C@]12C)C(C)C. The molecule has 4 rings (SSSR count). The molecule has 3 saturated carbocycles. The maximum absolute atomic E-state index is 11.3. The third-order valence-corrected chi connectivity index (χ3v) is 12.1. The largest absolute Gasteiger partial charge is 0.397 e. The van der Waals surface area contributed by atoms with Crippen molar-refractivity contribution in [3.63, 3.8) is 0 Å². The Morgan fingerprint density at radius 3 is 2.44 bits per heavy atom.